The molecular weight excluding hydrogens is 633 g/mol. The van der Waals surface area contributed by atoms with Crippen molar-refractivity contribution in [2.24, 2.45) is 11.7 Å². The van der Waals surface area contributed by atoms with Gasteiger partial charge in [0, 0.05) is 18.2 Å². The fourth-order valence-electron chi connectivity index (χ4n) is 7.01. The third-order valence-corrected chi connectivity index (χ3v) is 9.79. The molecule has 11 heteroatoms. The van der Waals surface area contributed by atoms with E-state index in [1.807, 2.05) is 25.7 Å². The lowest BCUT2D eigenvalue weighted by Crippen LogP contribution is -2.54. The number of hydrogen-bond donors (Lipinski definition) is 5. The zero-order chi connectivity index (χ0) is 35.9. The van der Waals surface area contributed by atoms with E-state index >= 15 is 4.39 Å². The molecule has 2 aliphatic rings. The number of nitrogens with two attached hydrogens (primary N) is 2. The van der Waals surface area contributed by atoms with Gasteiger partial charge in [0.1, 0.15) is 11.9 Å². The number of amides is 2. The zero-order valence-corrected chi connectivity index (χ0v) is 28.2. The van der Waals surface area contributed by atoms with Gasteiger partial charge in [-0.2, -0.15) is 8.78 Å². The van der Waals surface area contributed by atoms with Crippen LogP contribution in [0.3, 0.4) is 0 Å². The normalized spacial score (nSPS) is 18.6. The Morgan fingerprint density at radius 2 is 1.78 bits per heavy atom. The molecule has 3 aromatic rings. The number of primary amides is 1. The maximum atomic E-state index is 15.7. The molecule has 260 valence electrons. The largest absolute Gasteiger partial charge is 0.393 e. The number of piperidine rings is 1. The molecule has 5 rings (SSSR count). The molecule has 0 spiro atoms. The molecule has 2 fully saturated rings. The number of aliphatic hydroxyl groups is 2. The Morgan fingerprint density at radius 1 is 1.12 bits per heavy atom. The van der Waals surface area contributed by atoms with Crippen molar-refractivity contribution < 1.29 is 38.4 Å². The summed E-state index contributed by atoms with van der Waals surface area (Å²) >= 11 is 0. The molecule has 49 heavy (non-hydrogen) atoms. The lowest BCUT2D eigenvalue weighted by atomic mass is 9.88. The van der Waals surface area contributed by atoms with Crippen molar-refractivity contribution in [1.82, 2.24) is 5.32 Å². The molecular formula is C38H44F3N4O4+. The van der Waals surface area contributed by atoms with E-state index in [2.05, 4.69) is 11.9 Å². The van der Waals surface area contributed by atoms with Crippen LogP contribution >= 0.6 is 0 Å². The molecule has 1 heterocycles. The fourth-order valence-corrected chi connectivity index (χ4v) is 7.01. The van der Waals surface area contributed by atoms with Crippen molar-refractivity contribution in [2.75, 3.05) is 18.1 Å². The Kier molecular flexibility index (Phi) is 10.1. The molecule has 1 aliphatic carbocycles. The van der Waals surface area contributed by atoms with Crippen LogP contribution in [0.2, 0.25) is 0 Å². The third kappa shape index (κ3) is 7.14. The second-order valence-electron chi connectivity index (χ2n) is 13.5. The molecule has 0 aromatic heterocycles. The van der Waals surface area contributed by atoms with Gasteiger partial charge < -0.3 is 20.8 Å². The predicted octanol–water partition coefficient (Wildman–Crippen LogP) is 4.71. The number of nitrogens with zero attached hydrogens (tertiary/aromatic N) is 1. The summed E-state index contributed by atoms with van der Waals surface area (Å²) in [7, 11) is 0. The van der Waals surface area contributed by atoms with Gasteiger partial charge in [0.05, 0.1) is 29.3 Å². The van der Waals surface area contributed by atoms with Crippen LogP contribution in [0, 0.1) is 25.6 Å². The lowest BCUT2D eigenvalue weighted by Gasteiger charge is -2.39. The Morgan fingerprint density at radius 3 is 2.33 bits per heavy atom. The SMILES string of the molecule is C=C(C)C(F)(F)c1ccc(C(=[NH2+])NC(=O)[C@H]2CCN(c3cc(-c4c(C)cc(C(O)CO)cc4C)cc(F)c3C(N)=O)[C@@H](C)C2)c(C2CC2)c1. The minimum absolute atomic E-state index is 0.0860. The van der Waals surface area contributed by atoms with Crippen LogP contribution in [0.4, 0.5) is 18.9 Å². The van der Waals surface area contributed by atoms with Crippen molar-refractivity contribution in [2.45, 2.75) is 77.4 Å². The first-order valence-electron chi connectivity index (χ1n) is 16.5. The van der Waals surface area contributed by atoms with Crippen molar-refractivity contribution in [3.05, 3.63) is 99.4 Å². The maximum absolute atomic E-state index is 15.7. The number of amidine groups is 1. The molecule has 8 nitrogen and oxygen atoms in total. The minimum Gasteiger partial charge on any atom is -0.393 e. The summed E-state index contributed by atoms with van der Waals surface area (Å²) in [6.07, 6.45) is 1.38. The molecule has 3 aromatic carbocycles. The minimum atomic E-state index is -3.19. The summed E-state index contributed by atoms with van der Waals surface area (Å²) < 4.78 is 45.1. The number of rotatable bonds is 10. The maximum Gasteiger partial charge on any atom is 0.310 e. The first-order chi connectivity index (χ1) is 23.0. The van der Waals surface area contributed by atoms with Gasteiger partial charge in [-0.25, -0.2) is 14.5 Å². The summed E-state index contributed by atoms with van der Waals surface area (Å²) in [6.45, 7) is 10.1. The summed E-state index contributed by atoms with van der Waals surface area (Å²) in [5.41, 5.74) is 9.79. The van der Waals surface area contributed by atoms with Gasteiger partial charge in [0.25, 0.3) is 17.7 Å². The van der Waals surface area contributed by atoms with Crippen molar-refractivity contribution >= 4 is 23.3 Å². The summed E-state index contributed by atoms with van der Waals surface area (Å²) in [5.74, 6) is -5.46. The Hall–Kier alpha value is -4.48. The molecule has 1 unspecified atom stereocenters. The second-order valence-corrected chi connectivity index (χ2v) is 13.5. The molecule has 0 bridgehead atoms. The number of hydrogen-bond acceptors (Lipinski definition) is 5. The molecule has 3 atom stereocenters. The second kappa shape index (κ2) is 13.8. The number of aliphatic hydroxyl groups excluding tert-OH is 2. The quantitative estimate of drug-likeness (QED) is 0.120. The van der Waals surface area contributed by atoms with Gasteiger partial charge in [-0.05, 0) is 123 Å². The number of anilines is 1. The van der Waals surface area contributed by atoms with E-state index in [9.17, 15) is 28.6 Å². The number of carbonyl (C=O) groups excluding carboxylic acids is 2. The van der Waals surface area contributed by atoms with Crippen molar-refractivity contribution in [3.63, 3.8) is 0 Å². The van der Waals surface area contributed by atoms with Crippen molar-refractivity contribution in [1.29, 1.82) is 0 Å². The number of benzene rings is 3. The Labute approximate surface area is 284 Å². The number of nitrogens with one attached hydrogen (secondary N) is 1. The van der Waals surface area contributed by atoms with Crippen LogP contribution < -0.4 is 21.4 Å². The number of aryl methyl sites for hydroxylation is 2. The van der Waals surface area contributed by atoms with Crippen LogP contribution in [0.25, 0.3) is 11.1 Å². The number of alkyl halides is 2. The highest BCUT2D eigenvalue weighted by molar-refractivity contribution is 6.06. The number of carbonyl (C=O) groups is 2. The van der Waals surface area contributed by atoms with Crippen LogP contribution in [-0.4, -0.2) is 47.1 Å². The fraction of sp³-hybridized carbons (Fsp3) is 0.395. The molecule has 1 saturated heterocycles. The number of halogens is 3. The molecule has 7 N–H and O–H groups in total. The highest BCUT2D eigenvalue weighted by atomic mass is 19.3. The molecule has 0 radical (unpaired) electrons. The van der Waals surface area contributed by atoms with Gasteiger partial charge in [-0.3, -0.25) is 10.2 Å². The van der Waals surface area contributed by atoms with Crippen LogP contribution in [-0.2, 0) is 10.7 Å². The van der Waals surface area contributed by atoms with Gasteiger partial charge in [-0.15, -0.1) is 0 Å². The van der Waals surface area contributed by atoms with Gasteiger partial charge in [0.15, 0.2) is 0 Å². The Bertz CT molecular complexity index is 1810. The lowest BCUT2D eigenvalue weighted by molar-refractivity contribution is -0.131. The van der Waals surface area contributed by atoms with Crippen molar-refractivity contribution in [3.8, 4) is 11.1 Å². The predicted molar refractivity (Wildman–Crippen MR) is 183 cm³/mol. The van der Waals surface area contributed by atoms with E-state index in [1.54, 1.807) is 18.2 Å². The van der Waals surface area contributed by atoms with Gasteiger partial charge >= 0.3 is 5.91 Å². The van der Waals surface area contributed by atoms with Crippen LogP contribution in [0.15, 0.2) is 54.6 Å². The first kappa shape index (κ1) is 35.8. The van der Waals surface area contributed by atoms with Crippen LogP contribution in [0.1, 0.15) is 95.3 Å². The van der Waals surface area contributed by atoms with E-state index in [0.717, 1.165) is 29.5 Å². The van der Waals surface area contributed by atoms with E-state index in [0.29, 0.717) is 47.3 Å². The third-order valence-electron chi connectivity index (χ3n) is 9.79. The monoisotopic (exact) mass is 677 g/mol. The number of allylic oxidation sites excluding steroid dienone is 1. The highest BCUT2D eigenvalue weighted by Crippen LogP contribution is 2.44. The van der Waals surface area contributed by atoms with E-state index < -0.39 is 36.3 Å². The molecule has 1 aliphatic heterocycles. The standard InChI is InChI=1S/C38H43F3N4O4/c1-19(2)38(40,41)27-8-9-28(29(17-27)23-6-7-23)35(42)44-37(49)24-10-11-45(22(5)14-24)31-16-26(15-30(39)34(31)36(43)48)33-20(3)12-25(13-21(33)4)32(47)18-46/h8-9,12-13,15-17,22-24,32,46-47H,1,6-7,10-11,14,18H2,2-5H3,(H2,43,48)(H2,42,44,49)/p+1/t22-,24-,32?/m0/s1. The van der Waals surface area contributed by atoms with E-state index in [-0.39, 0.29) is 40.4 Å². The average molecular weight is 678 g/mol. The van der Waals surface area contributed by atoms with E-state index in [1.165, 1.54) is 31.2 Å². The smallest absolute Gasteiger partial charge is 0.310 e. The average Bonchev–Trinajstić information content (AvgIpc) is 3.89. The first-order valence-corrected chi connectivity index (χ1v) is 16.5. The van der Waals surface area contributed by atoms with Gasteiger partial charge in [0.2, 0.25) is 0 Å². The molecule has 1 saturated carbocycles. The highest BCUT2D eigenvalue weighted by Gasteiger charge is 2.38. The Balaban J connectivity index is 1.37. The topological polar surface area (TPSA) is 141 Å². The summed E-state index contributed by atoms with van der Waals surface area (Å²) in [6, 6.07) is 10.5. The summed E-state index contributed by atoms with van der Waals surface area (Å²) in [4.78, 5) is 27.9. The zero-order valence-electron chi connectivity index (χ0n) is 28.2. The van der Waals surface area contributed by atoms with Gasteiger partial charge in [-0.1, -0.05) is 24.8 Å². The van der Waals surface area contributed by atoms with E-state index in [4.69, 9.17) is 11.1 Å². The summed E-state index contributed by atoms with van der Waals surface area (Å²) in [5, 5.41) is 28.8. The molecule has 2 amide bonds. The van der Waals surface area contributed by atoms with Crippen LogP contribution in [0.5, 0.6) is 0 Å².